The minimum atomic E-state index is -4.31. The van der Waals surface area contributed by atoms with Gasteiger partial charge in [-0.3, -0.25) is 0 Å². The van der Waals surface area contributed by atoms with Crippen LogP contribution in [0.5, 0.6) is 0 Å². The highest BCUT2D eigenvalue weighted by Gasteiger charge is 2.33. The normalized spacial score (nSPS) is 19.6. The molecule has 106 valence electrons. The molecule has 19 heavy (non-hydrogen) atoms. The maximum Gasteiger partial charge on any atom is 0.416 e. The van der Waals surface area contributed by atoms with Gasteiger partial charge in [-0.05, 0) is 48.0 Å². The van der Waals surface area contributed by atoms with Gasteiger partial charge in [0.05, 0.1) is 11.3 Å². The van der Waals surface area contributed by atoms with Crippen LogP contribution < -0.4 is 10.2 Å². The molecule has 6 heteroatoms. The summed E-state index contributed by atoms with van der Waals surface area (Å²) < 4.78 is 39.0. The Bertz CT molecular complexity index is 471. The van der Waals surface area contributed by atoms with E-state index in [2.05, 4.69) is 21.2 Å². The van der Waals surface area contributed by atoms with Gasteiger partial charge in [-0.2, -0.15) is 13.2 Å². The lowest BCUT2D eigenvalue weighted by atomic mass is 10.0. The highest BCUT2D eigenvalue weighted by molar-refractivity contribution is 9.10. The number of piperazine rings is 1. The zero-order valence-corrected chi connectivity index (χ0v) is 12.4. The maximum atomic E-state index is 12.8. The lowest BCUT2D eigenvalue weighted by Crippen LogP contribution is -2.57. The summed E-state index contributed by atoms with van der Waals surface area (Å²) in [6.45, 7) is 6.22. The number of anilines is 1. The van der Waals surface area contributed by atoms with Crippen LogP contribution in [0.1, 0.15) is 19.4 Å². The standard InChI is InChI=1S/C13H16BrF3N2/c1-12(2)8-19(6-5-18-12)11-7-9(13(15,16)17)3-4-10(11)14/h3-4,7,18H,5-6,8H2,1-2H3. The molecule has 1 aliphatic heterocycles. The first kappa shape index (κ1) is 14.7. The number of benzene rings is 1. The van der Waals surface area contributed by atoms with Crippen molar-refractivity contribution in [2.45, 2.75) is 25.6 Å². The van der Waals surface area contributed by atoms with Gasteiger partial charge in [0.1, 0.15) is 0 Å². The topological polar surface area (TPSA) is 15.3 Å². The Morgan fingerprint density at radius 1 is 1.32 bits per heavy atom. The van der Waals surface area contributed by atoms with Crippen LogP contribution in [0.25, 0.3) is 0 Å². The van der Waals surface area contributed by atoms with E-state index in [-0.39, 0.29) is 5.54 Å². The molecule has 0 saturated carbocycles. The average Bonchev–Trinajstić information content (AvgIpc) is 2.26. The summed E-state index contributed by atoms with van der Waals surface area (Å²) in [5.74, 6) is 0. The van der Waals surface area contributed by atoms with Crippen molar-refractivity contribution < 1.29 is 13.2 Å². The van der Waals surface area contributed by atoms with E-state index in [0.29, 0.717) is 23.2 Å². The molecule has 1 N–H and O–H groups in total. The van der Waals surface area contributed by atoms with Gasteiger partial charge in [-0.15, -0.1) is 0 Å². The monoisotopic (exact) mass is 336 g/mol. The van der Waals surface area contributed by atoms with Crippen molar-refractivity contribution >= 4 is 21.6 Å². The van der Waals surface area contributed by atoms with E-state index in [1.165, 1.54) is 12.1 Å². The number of nitrogens with zero attached hydrogens (tertiary/aromatic N) is 1. The zero-order valence-electron chi connectivity index (χ0n) is 10.8. The Balaban J connectivity index is 2.33. The maximum absolute atomic E-state index is 12.8. The first-order chi connectivity index (χ1) is 8.69. The fourth-order valence-corrected chi connectivity index (χ4v) is 2.78. The average molecular weight is 337 g/mol. The van der Waals surface area contributed by atoms with E-state index < -0.39 is 11.7 Å². The predicted molar refractivity (Wildman–Crippen MR) is 73.4 cm³/mol. The van der Waals surface area contributed by atoms with Crippen molar-refractivity contribution in [2.24, 2.45) is 0 Å². The van der Waals surface area contributed by atoms with E-state index in [1.807, 2.05) is 18.7 Å². The molecule has 0 atom stereocenters. The van der Waals surface area contributed by atoms with Crippen molar-refractivity contribution in [2.75, 3.05) is 24.5 Å². The summed E-state index contributed by atoms with van der Waals surface area (Å²) in [5, 5.41) is 3.34. The molecule has 0 spiro atoms. The highest BCUT2D eigenvalue weighted by Crippen LogP contribution is 2.36. The smallest absolute Gasteiger partial charge is 0.368 e. The number of hydrogen-bond donors (Lipinski definition) is 1. The molecule has 0 aliphatic carbocycles. The first-order valence-electron chi connectivity index (χ1n) is 6.06. The van der Waals surface area contributed by atoms with Gasteiger partial charge in [0.25, 0.3) is 0 Å². The van der Waals surface area contributed by atoms with Crippen LogP contribution >= 0.6 is 15.9 Å². The van der Waals surface area contributed by atoms with E-state index in [0.717, 1.165) is 12.6 Å². The van der Waals surface area contributed by atoms with Crippen LogP contribution in [-0.2, 0) is 6.18 Å². The fraction of sp³-hybridized carbons (Fsp3) is 0.538. The van der Waals surface area contributed by atoms with Gasteiger partial charge < -0.3 is 10.2 Å². The van der Waals surface area contributed by atoms with Crippen molar-refractivity contribution in [1.82, 2.24) is 5.32 Å². The van der Waals surface area contributed by atoms with Crippen molar-refractivity contribution in [3.05, 3.63) is 28.2 Å². The van der Waals surface area contributed by atoms with Crippen LogP contribution in [-0.4, -0.2) is 25.2 Å². The Labute approximate surface area is 119 Å². The van der Waals surface area contributed by atoms with Gasteiger partial charge >= 0.3 is 6.18 Å². The second kappa shape index (κ2) is 4.98. The molecule has 1 aromatic carbocycles. The molecule has 1 heterocycles. The second-order valence-corrected chi connectivity index (χ2v) is 6.25. The number of rotatable bonds is 1. The summed E-state index contributed by atoms with van der Waals surface area (Å²) in [6, 6.07) is 3.78. The van der Waals surface area contributed by atoms with Gasteiger partial charge in [-0.25, -0.2) is 0 Å². The van der Waals surface area contributed by atoms with Crippen molar-refractivity contribution in [1.29, 1.82) is 0 Å². The summed E-state index contributed by atoms with van der Waals surface area (Å²) in [7, 11) is 0. The fourth-order valence-electron chi connectivity index (χ4n) is 2.28. The molecule has 0 aromatic heterocycles. The molecule has 1 saturated heterocycles. The van der Waals surface area contributed by atoms with Crippen molar-refractivity contribution in [3.63, 3.8) is 0 Å². The van der Waals surface area contributed by atoms with E-state index in [4.69, 9.17) is 0 Å². The van der Waals surface area contributed by atoms with Crippen LogP contribution in [0.3, 0.4) is 0 Å². The Hall–Kier alpha value is -0.750. The van der Waals surface area contributed by atoms with Gasteiger partial charge in [0.2, 0.25) is 0 Å². The Morgan fingerprint density at radius 3 is 2.58 bits per heavy atom. The van der Waals surface area contributed by atoms with Crippen molar-refractivity contribution in [3.8, 4) is 0 Å². The largest absolute Gasteiger partial charge is 0.416 e. The van der Waals surface area contributed by atoms with E-state index in [9.17, 15) is 13.2 Å². The number of alkyl halides is 3. The molecule has 1 aromatic rings. The molecular formula is C13H16BrF3N2. The van der Waals surface area contributed by atoms with Crippen LogP contribution in [0.15, 0.2) is 22.7 Å². The molecule has 1 aliphatic rings. The molecular weight excluding hydrogens is 321 g/mol. The Morgan fingerprint density at radius 2 is 2.00 bits per heavy atom. The third-order valence-corrected chi connectivity index (χ3v) is 3.86. The lowest BCUT2D eigenvalue weighted by molar-refractivity contribution is -0.137. The Kier molecular flexibility index (Phi) is 3.84. The van der Waals surface area contributed by atoms with Crippen LogP contribution in [0.4, 0.5) is 18.9 Å². The molecule has 2 nitrogen and oxygen atoms in total. The molecule has 0 radical (unpaired) electrons. The third kappa shape index (κ3) is 3.42. The highest BCUT2D eigenvalue weighted by atomic mass is 79.9. The summed E-state index contributed by atoms with van der Waals surface area (Å²) >= 11 is 3.34. The lowest BCUT2D eigenvalue weighted by Gasteiger charge is -2.41. The summed E-state index contributed by atoms with van der Waals surface area (Å²) in [4.78, 5) is 1.98. The molecule has 0 unspecified atom stereocenters. The number of nitrogens with one attached hydrogen (secondary N) is 1. The minimum Gasteiger partial charge on any atom is -0.368 e. The van der Waals surface area contributed by atoms with E-state index in [1.54, 1.807) is 0 Å². The van der Waals surface area contributed by atoms with Gasteiger partial charge in [-0.1, -0.05) is 0 Å². The first-order valence-corrected chi connectivity index (χ1v) is 6.85. The second-order valence-electron chi connectivity index (χ2n) is 5.40. The molecule has 2 rings (SSSR count). The van der Waals surface area contributed by atoms with Crippen LogP contribution in [0, 0.1) is 0 Å². The zero-order chi connectivity index (χ0) is 14.3. The third-order valence-electron chi connectivity index (χ3n) is 3.19. The quantitative estimate of drug-likeness (QED) is 0.841. The van der Waals surface area contributed by atoms with Gasteiger partial charge in [0.15, 0.2) is 0 Å². The number of hydrogen-bond acceptors (Lipinski definition) is 2. The van der Waals surface area contributed by atoms with E-state index >= 15 is 0 Å². The minimum absolute atomic E-state index is 0.105. The molecule has 0 amide bonds. The summed E-state index contributed by atoms with van der Waals surface area (Å²) in [5.41, 5.74) is -0.113. The van der Waals surface area contributed by atoms with Gasteiger partial charge in [0, 0.05) is 29.6 Å². The predicted octanol–water partition coefficient (Wildman–Crippen LogP) is 3.66. The van der Waals surface area contributed by atoms with Crippen LogP contribution in [0.2, 0.25) is 0 Å². The summed E-state index contributed by atoms with van der Waals surface area (Å²) in [6.07, 6.45) is -4.31. The number of halogens is 4. The molecule has 1 fully saturated rings. The molecule has 0 bridgehead atoms. The SMILES string of the molecule is CC1(C)CN(c2cc(C(F)(F)F)ccc2Br)CCN1.